The Bertz CT molecular complexity index is 538. The summed E-state index contributed by atoms with van der Waals surface area (Å²) in [6.07, 6.45) is 0. The van der Waals surface area contributed by atoms with Crippen molar-refractivity contribution in [1.82, 2.24) is 5.32 Å². The molecule has 20 heavy (non-hydrogen) atoms. The van der Waals surface area contributed by atoms with Crippen molar-refractivity contribution in [1.29, 1.82) is 0 Å². The van der Waals surface area contributed by atoms with E-state index in [1.165, 1.54) is 7.11 Å². The largest absolute Gasteiger partial charge is 0.497 e. The Morgan fingerprint density at radius 1 is 1.30 bits per heavy atom. The number of methoxy groups -OCH3 is 2. The van der Waals surface area contributed by atoms with Crippen molar-refractivity contribution in [2.45, 2.75) is 5.92 Å². The minimum atomic E-state index is -1.25. The van der Waals surface area contributed by atoms with Crippen LogP contribution >= 0.6 is 0 Å². The van der Waals surface area contributed by atoms with Crippen molar-refractivity contribution in [3.05, 3.63) is 29.3 Å². The third kappa shape index (κ3) is 2.31. The molecule has 0 radical (unpaired) electrons. The number of esters is 1. The Balaban J connectivity index is 2.45. The minimum absolute atomic E-state index is 0.0238. The zero-order valence-electron chi connectivity index (χ0n) is 10.9. The molecule has 1 amide bonds. The second kappa shape index (κ2) is 5.44. The maximum absolute atomic E-state index is 14.0. The molecule has 0 spiro atoms. The van der Waals surface area contributed by atoms with Crippen LogP contribution in [0.1, 0.15) is 11.5 Å². The van der Waals surface area contributed by atoms with Gasteiger partial charge in [0.2, 0.25) is 5.91 Å². The second-order valence-corrected chi connectivity index (χ2v) is 4.36. The van der Waals surface area contributed by atoms with E-state index in [4.69, 9.17) is 4.74 Å². The van der Waals surface area contributed by atoms with E-state index in [0.29, 0.717) is 0 Å². The van der Waals surface area contributed by atoms with Crippen LogP contribution in [-0.4, -0.2) is 32.6 Å². The average molecular weight is 285 g/mol. The van der Waals surface area contributed by atoms with E-state index in [9.17, 15) is 18.4 Å². The van der Waals surface area contributed by atoms with Gasteiger partial charge in [-0.15, -0.1) is 0 Å². The van der Waals surface area contributed by atoms with Crippen molar-refractivity contribution in [3.63, 3.8) is 0 Å². The first-order valence-corrected chi connectivity index (χ1v) is 5.88. The molecule has 7 heteroatoms. The number of hydrogen-bond donors (Lipinski definition) is 1. The molecule has 0 aliphatic carbocycles. The molecule has 0 bridgehead atoms. The lowest BCUT2D eigenvalue weighted by Gasteiger charge is -2.17. The third-order valence-electron chi connectivity index (χ3n) is 3.30. The van der Waals surface area contributed by atoms with Crippen LogP contribution in [0.2, 0.25) is 0 Å². The lowest BCUT2D eigenvalue weighted by atomic mass is 9.87. The van der Waals surface area contributed by atoms with Crippen LogP contribution in [0.3, 0.4) is 0 Å². The van der Waals surface area contributed by atoms with Gasteiger partial charge in [-0.1, -0.05) is 0 Å². The van der Waals surface area contributed by atoms with Gasteiger partial charge in [0.1, 0.15) is 23.3 Å². The summed E-state index contributed by atoms with van der Waals surface area (Å²) in [7, 11) is 2.40. The molecule has 1 fully saturated rings. The zero-order valence-corrected chi connectivity index (χ0v) is 10.9. The number of carbonyl (C=O) groups excluding carboxylic acids is 2. The number of hydrogen-bond acceptors (Lipinski definition) is 4. The highest BCUT2D eigenvalue weighted by Gasteiger charge is 2.44. The standard InChI is InChI=1S/C13H13F2NO4/c1-19-6-3-8(14)10(9(15)4-6)7-5-16-12(17)11(7)13(18)20-2/h3-4,7,11H,5H2,1-2H3,(H,16,17)/t7-,11-/m1/s1. The number of rotatable bonds is 3. The molecule has 1 heterocycles. The first-order valence-electron chi connectivity index (χ1n) is 5.88. The fourth-order valence-electron chi connectivity index (χ4n) is 2.32. The van der Waals surface area contributed by atoms with Crippen LogP contribution in [0.5, 0.6) is 5.75 Å². The van der Waals surface area contributed by atoms with E-state index < -0.39 is 35.3 Å². The Kier molecular flexibility index (Phi) is 3.87. The molecule has 0 aromatic heterocycles. The van der Waals surface area contributed by atoms with E-state index in [1.54, 1.807) is 0 Å². The highest BCUT2D eigenvalue weighted by Crippen LogP contribution is 2.35. The Morgan fingerprint density at radius 3 is 2.40 bits per heavy atom. The van der Waals surface area contributed by atoms with Gasteiger partial charge < -0.3 is 14.8 Å². The van der Waals surface area contributed by atoms with Crippen LogP contribution in [-0.2, 0) is 14.3 Å². The van der Waals surface area contributed by atoms with Gasteiger partial charge in [0.25, 0.3) is 0 Å². The molecule has 1 N–H and O–H groups in total. The summed E-state index contributed by atoms with van der Waals surface area (Å²) in [5, 5.41) is 2.41. The highest BCUT2D eigenvalue weighted by atomic mass is 19.1. The Hall–Kier alpha value is -2.18. The van der Waals surface area contributed by atoms with Crippen molar-refractivity contribution >= 4 is 11.9 Å². The van der Waals surface area contributed by atoms with Gasteiger partial charge in [-0.05, 0) is 0 Å². The smallest absolute Gasteiger partial charge is 0.318 e. The van der Waals surface area contributed by atoms with Crippen molar-refractivity contribution < 1.29 is 27.8 Å². The van der Waals surface area contributed by atoms with Gasteiger partial charge in [0.05, 0.1) is 14.2 Å². The molecule has 1 aromatic carbocycles. The summed E-state index contributed by atoms with van der Waals surface area (Å²) in [6, 6.07) is 2.02. The quantitative estimate of drug-likeness (QED) is 0.664. The molecule has 2 rings (SSSR count). The first-order chi connectivity index (χ1) is 9.49. The first kappa shape index (κ1) is 14.2. The summed E-state index contributed by atoms with van der Waals surface area (Å²) < 4.78 is 37.3. The zero-order chi connectivity index (χ0) is 14.9. The lowest BCUT2D eigenvalue weighted by molar-refractivity contribution is -0.149. The fourth-order valence-corrected chi connectivity index (χ4v) is 2.32. The van der Waals surface area contributed by atoms with Crippen LogP contribution in [0.4, 0.5) is 8.78 Å². The summed E-state index contributed by atoms with van der Waals surface area (Å²) in [5.41, 5.74) is -0.320. The van der Waals surface area contributed by atoms with Crippen molar-refractivity contribution in [2.24, 2.45) is 5.92 Å². The van der Waals surface area contributed by atoms with Gasteiger partial charge in [-0.2, -0.15) is 0 Å². The number of ether oxygens (including phenoxy) is 2. The van der Waals surface area contributed by atoms with Crippen LogP contribution < -0.4 is 10.1 Å². The van der Waals surface area contributed by atoms with Crippen molar-refractivity contribution in [3.8, 4) is 5.75 Å². The molecule has 1 aliphatic rings. The Labute approximate surface area is 113 Å². The van der Waals surface area contributed by atoms with Gasteiger partial charge >= 0.3 is 5.97 Å². The SMILES string of the molecule is COC(=O)[C@H]1C(=O)NC[C@@H]1c1c(F)cc(OC)cc1F. The molecule has 108 valence electrons. The van der Waals surface area contributed by atoms with Crippen LogP contribution in [0.15, 0.2) is 12.1 Å². The van der Waals surface area contributed by atoms with Crippen molar-refractivity contribution in [2.75, 3.05) is 20.8 Å². The maximum Gasteiger partial charge on any atom is 0.318 e. The molecular formula is C13H13F2NO4. The summed E-state index contributed by atoms with van der Waals surface area (Å²) >= 11 is 0. The molecule has 1 aliphatic heterocycles. The van der Waals surface area contributed by atoms with E-state index >= 15 is 0 Å². The van der Waals surface area contributed by atoms with Crippen LogP contribution in [0.25, 0.3) is 0 Å². The molecule has 1 aromatic rings. The predicted molar refractivity (Wildman–Crippen MR) is 64.2 cm³/mol. The second-order valence-electron chi connectivity index (χ2n) is 4.36. The number of halogens is 2. The number of carbonyl (C=O) groups is 2. The summed E-state index contributed by atoms with van der Waals surface area (Å²) in [5.74, 6) is -5.32. The number of benzene rings is 1. The molecule has 0 unspecified atom stereocenters. The van der Waals surface area contributed by atoms with E-state index in [2.05, 4.69) is 10.1 Å². The normalized spacial score (nSPS) is 21.5. The Morgan fingerprint density at radius 2 is 1.90 bits per heavy atom. The fraction of sp³-hybridized carbons (Fsp3) is 0.385. The molecule has 5 nitrogen and oxygen atoms in total. The van der Waals surface area contributed by atoms with E-state index in [1.807, 2.05) is 0 Å². The summed E-state index contributed by atoms with van der Waals surface area (Å²) in [4.78, 5) is 23.2. The third-order valence-corrected chi connectivity index (χ3v) is 3.30. The van der Waals surface area contributed by atoms with E-state index in [0.717, 1.165) is 19.2 Å². The number of amides is 1. The molecule has 0 saturated carbocycles. The molecule has 1 saturated heterocycles. The number of nitrogens with one attached hydrogen (secondary N) is 1. The van der Waals surface area contributed by atoms with Crippen LogP contribution in [0, 0.1) is 17.6 Å². The maximum atomic E-state index is 14.0. The van der Waals surface area contributed by atoms with Gasteiger partial charge in [-0.25, -0.2) is 8.78 Å². The minimum Gasteiger partial charge on any atom is -0.497 e. The monoisotopic (exact) mass is 285 g/mol. The molecule has 2 atom stereocenters. The lowest BCUT2D eigenvalue weighted by Crippen LogP contribution is -2.28. The topological polar surface area (TPSA) is 64.6 Å². The summed E-state index contributed by atoms with van der Waals surface area (Å²) in [6.45, 7) is -0.0290. The van der Waals surface area contributed by atoms with Gasteiger partial charge in [0, 0.05) is 30.2 Å². The predicted octanol–water partition coefficient (Wildman–Crippen LogP) is 0.976. The highest BCUT2D eigenvalue weighted by molar-refractivity contribution is 6.00. The molecular weight excluding hydrogens is 272 g/mol. The van der Waals surface area contributed by atoms with Gasteiger partial charge in [-0.3, -0.25) is 9.59 Å². The van der Waals surface area contributed by atoms with Gasteiger partial charge in [0.15, 0.2) is 0 Å². The van der Waals surface area contributed by atoms with E-state index in [-0.39, 0.29) is 17.9 Å². The average Bonchev–Trinajstić information content (AvgIpc) is 2.78.